The molecule has 0 radical (unpaired) electrons. The summed E-state index contributed by atoms with van der Waals surface area (Å²) in [5.41, 5.74) is 0.892. The van der Waals surface area contributed by atoms with Crippen molar-refractivity contribution in [3.63, 3.8) is 0 Å². The number of halogens is 1. The van der Waals surface area contributed by atoms with Crippen molar-refractivity contribution in [1.29, 1.82) is 0 Å². The van der Waals surface area contributed by atoms with Gasteiger partial charge >= 0.3 is 5.97 Å². The molecule has 130 valence electrons. The molecule has 2 aromatic rings. The Morgan fingerprint density at radius 3 is 2.52 bits per heavy atom. The van der Waals surface area contributed by atoms with Crippen LogP contribution in [0.15, 0.2) is 65.6 Å². The predicted molar refractivity (Wildman–Crippen MR) is 102 cm³/mol. The van der Waals surface area contributed by atoms with E-state index >= 15 is 0 Å². The fourth-order valence-corrected chi connectivity index (χ4v) is 2.75. The zero-order valence-electron chi connectivity index (χ0n) is 13.5. The second-order valence-corrected chi connectivity index (χ2v) is 6.61. The smallest absolute Gasteiger partial charge is 0.331 e. The molecule has 4 nitrogen and oxygen atoms in total. The molecule has 1 N–H and O–H groups in total. The Balaban J connectivity index is 1.59. The maximum absolute atomic E-state index is 11.6. The van der Waals surface area contributed by atoms with Gasteiger partial charge < -0.3 is 10.1 Å². The second kappa shape index (κ2) is 10.6. The Morgan fingerprint density at radius 1 is 1.08 bits per heavy atom. The highest BCUT2D eigenvalue weighted by atomic mass is 35.5. The average Bonchev–Trinajstić information content (AvgIpc) is 2.64. The van der Waals surface area contributed by atoms with E-state index in [9.17, 15) is 9.59 Å². The first kappa shape index (κ1) is 19.1. The van der Waals surface area contributed by atoms with Crippen LogP contribution in [0.5, 0.6) is 0 Å². The van der Waals surface area contributed by atoms with Gasteiger partial charge in [-0.2, -0.15) is 0 Å². The molecule has 6 heteroatoms. The fourth-order valence-electron chi connectivity index (χ4n) is 1.85. The van der Waals surface area contributed by atoms with Gasteiger partial charge in [-0.1, -0.05) is 41.9 Å². The quantitative estimate of drug-likeness (QED) is 0.330. The molecule has 0 aromatic heterocycles. The Kier molecular flexibility index (Phi) is 8.09. The van der Waals surface area contributed by atoms with Crippen molar-refractivity contribution in [2.24, 2.45) is 0 Å². The lowest BCUT2D eigenvalue weighted by Gasteiger charge is -2.05. The van der Waals surface area contributed by atoms with E-state index in [-0.39, 0.29) is 12.5 Å². The van der Waals surface area contributed by atoms with Crippen LogP contribution in [0.1, 0.15) is 5.56 Å². The number of nitrogens with one attached hydrogen (secondary N) is 1. The highest BCUT2D eigenvalue weighted by molar-refractivity contribution is 7.99. The maximum atomic E-state index is 11.6. The molecule has 25 heavy (non-hydrogen) atoms. The number of rotatable bonds is 8. The van der Waals surface area contributed by atoms with Crippen molar-refractivity contribution in [2.45, 2.75) is 4.90 Å². The van der Waals surface area contributed by atoms with Crippen LogP contribution in [0.3, 0.4) is 0 Å². The molecule has 1 amide bonds. The lowest BCUT2D eigenvalue weighted by atomic mass is 10.2. The number of ether oxygens (including phenoxy) is 1. The average molecular weight is 376 g/mol. The second-order valence-electron chi connectivity index (χ2n) is 5.00. The number of hydrogen-bond donors (Lipinski definition) is 1. The lowest BCUT2D eigenvalue weighted by Crippen LogP contribution is -2.30. The number of amides is 1. The third-order valence-corrected chi connectivity index (χ3v) is 4.33. The summed E-state index contributed by atoms with van der Waals surface area (Å²) in [6, 6.07) is 16.9. The normalized spacial score (nSPS) is 10.6. The lowest BCUT2D eigenvalue weighted by molar-refractivity contribution is -0.143. The topological polar surface area (TPSA) is 55.4 Å². The van der Waals surface area contributed by atoms with Crippen LogP contribution >= 0.6 is 23.4 Å². The number of carbonyl (C=O) groups is 2. The zero-order chi connectivity index (χ0) is 17.9. The summed E-state index contributed by atoms with van der Waals surface area (Å²) >= 11 is 7.43. The number of carbonyl (C=O) groups excluding carboxylic acids is 2. The molecule has 0 aliphatic carbocycles. The molecule has 0 bridgehead atoms. The van der Waals surface area contributed by atoms with Gasteiger partial charge in [-0.3, -0.25) is 4.79 Å². The van der Waals surface area contributed by atoms with Crippen molar-refractivity contribution < 1.29 is 14.3 Å². The summed E-state index contributed by atoms with van der Waals surface area (Å²) in [6.45, 7) is 0.201. The van der Waals surface area contributed by atoms with Crippen LogP contribution in [-0.4, -0.2) is 30.8 Å². The summed E-state index contributed by atoms with van der Waals surface area (Å²) in [5.74, 6) is -0.150. The Labute approximate surface area is 156 Å². The van der Waals surface area contributed by atoms with Gasteiger partial charge in [-0.05, 0) is 35.9 Å². The van der Waals surface area contributed by atoms with Gasteiger partial charge in [0.1, 0.15) is 0 Å². The van der Waals surface area contributed by atoms with Crippen LogP contribution in [-0.2, 0) is 14.3 Å². The van der Waals surface area contributed by atoms with Gasteiger partial charge in [0.25, 0.3) is 5.91 Å². The van der Waals surface area contributed by atoms with Crippen LogP contribution in [0.25, 0.3) is 6.08 Å². The van der Waals surface area contributed by atoms with E-state index in [4.69, 9.17) is 16.3 Å². The summed E-state index contributed by atoms with van der Waals surface area (Å²) < 4.78 is 4.89. The molecule has 2 rings (SSSR count). The standard InChI is InChI=1S/C19H18ClNO3S/c20-16-7-9-17(10-8-16)25-13-12-21-18(22)14-24-19(23)11-6-15-4-2-1-3-5-15/h1-11H,12-14H2,(H,21,22)/b11-6+. The largest absolute Gasteiger partial charge is 0.452 e. The van der Waals surface area contributed by atoms with E-state index in [0.717, 1.165) is 16.2 Å². The van der Waals surface area contributed by atoms with Crippen molar-refractivity contribution in [1.82, 2.24) is 5.32 Å². The first-order valence-corrected chi connectivity index (χ1v) is 9.05. The molecule has 0 saturated carbocycles. The third kappa shape index (κ3) is 7.92. The molecular weight excluding hydrogens is 358 g/mol. The molecule has 0 aliphatic rings. The van der Waals surface area contributed by atoms with Crippen molar-refractivity contribution >= 4 is 41.3 Å². The van der Waals surface area contributed by atoms with Gasteiger partial charge in [-0.25, -0.2) is 4.79 Å². The molecule has 0 fully saturated rings. The molecule has 0 unspecified atom stereocenters. The third-order valence-electron chi connectivity index (χ3n) is 3.06. The SMILES string of the molecule is O=C(COC(=O)/C=C/c1ccccc1)NCCSc1ccc(Cl)cc1. The van der Waals surface area contributed by atoms with Crippen molar-refractivity contribution in [3.8, 4) is 0 Å². The molecule has 2 aromatic carbocycles. The molecule has 0 saturated heterocycles. The molecule has 0 heterocycles. The summed E-state index contributed by atoms with van der Waals surface area (Å²) in [5, 5.41) is 3.40. The van der Waals surface area contributed by atoms with E-state index in [1.807, 2.05) is 54.6 Å². The fraction of sp³-hybridized carbons (Fsp3) is 0.158. The van der Waals surface area contributed by atoms with Crippen molar-refractivity contribution in [2.75, 3.05) is 18.9 Å². The van der Waals surface area contributed by atoms with Gasteiger partial charge in [-0.15, -0.1) is 11.8 Å². The Morgan fingerprint density at radius 2 is 1.80 bits per heavy atom. The van der Waals surface area contributed by atoms with E-state index in [1.165, 1.54) is 6.08 Å². The zero-order valence-corrected chi connectivity index (χ0v) is 15.1. The Hall–Kier alpha value is -2.24. The minimum absolute atomic E-state index is 0.288. The molecule has 0 aliphatic heterocycles. The maximum Gasteiger partial charge on any atom is 0.331 e. The first-order valence-electron chi connectivity index (χ1n) is 7.68. The van der Waals surface area contributed by atoms with Crippen LogP contribution in [0.4, 0.5) is 0 Å². The van der Waals surface area contributed by atoms with Gasteiger partial charge in [0.05, 0.1) is 0 Å². The summed E-state index contributed by atoms with van der Waals surface area (Å²) in [7, 11) is 0. The molecule has 0 spiro atoms. The highest BCUT2D eigenvalue weighted by Crippen LogP contribution is 2.19. The highest BCUT2D eigenvalue weighted by Gasteiger charge is 2.04. The van der Waals surface area contributed by atoms with E-state index in [2.05, 4.69) is 5.32 Å². The number of hydrogen-bond acceptors (Lipinski definition) is 4. The van der Waals surface area contributed by atoms with E-state index in [0.29, 0.717) is 11.6 Å². The van der Waals surface area contributed by atoms with E-state index in [1.54, 1.807) is 17.8 Å². The van der Waals surface area contributed by atoms with E-state index < -0.39 is 5.97 Å². The number of esters is 1. The monoisotopic (exact) mass is 375 g/mol. The van der Waals surface area contributed by atoms with Gasteiger partial charge in [0.2, 0.25) is 0 Å². The van der Waals surface area contributed by atoms with Crippen LogP contribution < -0.4 is 5.32 Å². The summed E-state index contributed by atoms with van der Waals surface area (Å²) in [4.78, 5) is 24.3. The molecule has 0 atom stereocenters. The minimum atomic E-state index is -0.547. The van der Waals surface area contributed by atoms with Crippen LogP contribution in [0.2, 0.25) is 5.02 Å². The van der Waals surface area contributed by atoms with Gasteiger partial charge in [0.15, 0.2) is 6.61 Å². The summed E-state index contributed by atoms with van der Waals surface area (Å²) in [6.07, 6.45) is 2.95. The minimum Gasteiger partial charge on any atom is -0.452 e. The number of benzene rings is 2. The number of thioether (sulfide) groups is 1. The van der Waals surface area contributed by atoms with Gasteiger partial charge in [0, 0.05) is 28.3 Å². The Bertz CT molecular complexity index is 717. The van der Waals surface area contributed by atoms with Crippen molar-refractivity contribution in [3.05, 3.63) is 71.3 Å². The molecular formula is C19H18ClNO3S. The first-order chi connectivity index (χ1) is 12.1. The van der Waals surface area contributed by atoms with Crippen LogP contribution in [0, 0.1) is 0 Å². The predicted octanol–water partition coefficient (Wildman–Crippen LogP) is 3.80.